The highest BCUT2D eigenvalue weighted by atomic mass is 35.5. The number of nitrogens with zero attached hydrogens (tertiary/aromatic N) is 3. The summed E-state index contributed by atoms with van der Waals surface area (Å²) < 4.78 is 85.4. The average molecular weight is 1020 g/mol. The Balaban J connectivity index is 0.912. The zero-order valence-corrected chi connectivity index (χ0v) is 40.3. The highest BCUT2D eigenvalue weighted by Gasteiger charge is 2.42. The van der Waals surface area contributed by atoms with Gasteiger partial charge in [0.1, 0.15) is 24.0 Å². The Bertz CT molecular complexity index is 2790. The van der Waals surface area contributed by atoms with Crippen molar-refractivity contribution in [3.63, 3.8) is 0 Å². The van der Waals surface area contributed by atoms with E-state index in [1.807, 2.05) is 36.4 Å². The summed E-state index contributed by atoms with van der Waals surface area (Å²) in [6, 6.07) is 24.7. The lowest BCUT2D eigenvalue weighted by Crippen LogP contribution is -2.52. The molecule has 1 aromatic heterocycles. The number of piperidine rings is 3. The van der Waals surface area contributed by atoms with Crippen molar-refractivity contribution in [2.75, 3.05) is 32.8 Å². The first kappa shape index (κ1) is 49.3. The first-order valence-corrected chi connectivity index (χ1v) is 25.6. The summed E-state index contributed by atoms with van der Waals surface area (Å²) in [6.45, 7) is -0.0872. The van der Waals surface area contributed by atoms with E-state index in [0.717, 1.165) is 60.7 Å². The van der Waals surface area contributed by atoms with Gasteiger partial charge in [0.2, 0.25) is 10.0 Å². The molecule has 0 unspecified atom stereocenters. The Morgan fingerprint density at radius 1 is 0.786 bits per heavy atom. The number of carbonyl (C=O) groups is 3. The van der Waals surface area contributed by atoms with Crippen LogP contribution in [-0.2, 0) is 35.5 Å². The van der Waals surface area contributed by atoms with Gasteiger partial charge in [-0.3, -0.25) is 19.5 Å². The number of fused-ring (bicyclic) bond motifs is 3. The van der Waals surface area contributed by atoms with Gasteiger partial charge in [-0.2, -0.15) is 13.1 Å². The van der Waals surface area contributed by atoms with E-state index in [9.17, 15) is 31.6 Å². The summed E-state index contributed by atoms with van der Waals surface area (Å²) in [6.07, 6.45) is 5.79. The molecule has 368 valence electrons. The van der Waals surface area contributed by atoms with Crippen molar-refractivity contribution in [3.8, 4) is 17.2 Å². The minimum absolute atomic E-state index is 0.0156. The van der Waals surface area contributed by atoms with Crippen molar-refractivity contribution >= 4 is 51.1 Å². The third-order valence-corrected chi connectivity index (χ3v) is 16.0. The van der Waals surface area contributed by atoms with Crippen LogP contribution in [0.1, 0.15) is 89.6 Å². The van der Waals surface area contributed by atoms with Crippen LogP contribution in [0, 0.1) is 11.8 Å². The van der Waals surface area contributed by atoms with Gasteiger partial charge in [-0.05, 0) is 128 Å². The van der Waals surface area contributed by atoms with E-state index in [1.54, 1.807) is 18.2 Å². The van der Waals surface area contributed by atoms with E-state index < -0.39 is 46.6 Å². The molecule has 5 aromatic rings. The number of halogens is 4. The molecule has 4 aliphatic heterocycles. The molecule has 5 fully saturated rings. The third kappa shape index (κ3) is 11.7. The molecule has 18 heteroatoms. The summed E-state index contributed by atoms with van der Waals surface area (Å²) >= 11 is 13.0. The molecule has 4 atom stereocenters. The van der Waals surface area contributed by atoms with Crippen LogP contribution in [0.5, 0.6) is 17.2 Å². The summed E-state index contributed by atoms with van der Waals surface area (Å²) in [5.41, 5.74) is 2.25. The molecular formula is C52H51Cl2F2N3O10S. The number of sulfonamides is 1. The van der Waals surface area contributed by atoms with Crippen molar-refractivity contribution in [2.45, 2.75) is 87.0 Å². The molecule has 70 heavy (non-hydrogen) atoms. The molecule has 0 radical (unpaired) electrons. The monoisotopic (exact) mass is 1020 g/mol. The van der Waals surface area contributed by atoms with E-state index in [4.69, 9.17) is 46.9 Å². The molecule has 4 saturated heterocycles. The fourth-order valence-electron chi connectivity index (χ4n) is 9.47. The van der Waals surface area contributed by atoms with Gasteiger partial charge in [0, 0.05) is 37.8 Å². The van der Waals surface area contributed by atoms with Crippen LogP contribution < -0.4 is 14.2 Å². The maximum absolute atomic E-state index is 14.4. The van der Waals surface area contributed by atoms with Gasteiger partial charge in [0.25, 0.3) is 0 Å². The second-order valence-electron chi connectivity index (χ2n) is 18.1. The number of ether oxygens (including phenoxy) is 5. The van der Waals surface area contributed by atoms with Gasteiger partial charge in [-0.1, -0.05) is 77.8 Å². The van der Waals surface area contributed by atoms with Crippen molar-refractivity contribution in [2.24, 2.45) is 11.8 Å². The van der Waals surface area contributed by atoms with Gasteiger partial charge < -0.3 is 23.7 Å². The average Bonchev–Trinajstić information content (AvgIpc) is 4.05. The van der Waals surface area contributed by atoms with Gasteiger partial charge in [-0.25, -0.2) is 13.2 Å². The lowest BCUT2D eigenvalue weighted by molar-refractivity contribution is -0.159. The van der Waals surface area contributed by atoms with Crippen molar-refractivity contribution < 1.29 is 55.3 Å². The van der Waals surface area contributed by atoms with Crippen LogP contribution in [0.2, 0.25) is 10.0 Å². The number of rotatable bonds is 19. The summed E-state index contributed by atoms with van der Waals surface area (Å²) in [7, 11) is -4.42. The predicted octanol–water partition coefficient (Wildman–Crippen LogP) is 9.84. The van der Waals surface area contributed by atoms with Crippen LogP contribution in [0.3, 0.4) is 0 Å². The topological polar surface area (TPSA) is 151 Å². The summed E-state index contributed by atoms with van der Waals surface area (Å²) in [5, 5.41) is 0.362. The summed E-state index contributed by atoms with van der Waals surface area (Å²) in [5.74, 6) is -1.79. The van der Waals surface area contributed by atoms with Crippen LogP contribution >= 0.6 is 23.2 Å². The SMILES string of the molecule is O=C(C[C@@H](c1ccccc1)c1cccc(OC(=O)c2cccc(S(=O)(=O)N3CCC[C@H]3C(=O)O[C@@H](Cc3c(Cl)cncc3Cl)c3ccc(OC(F)F)c(OCC4CC4)c3)c2)c1)O[C@H]1CN2CCC1CC2. The lowest BCUT2D eigenvalue weighted by Gasteiger charge is -2.44. The van der Waals surface area contributed by atoms with E-state index in [1.165, 1.54) is 54.9 Å². The van der Waals surface area contributed by atoms with E-state index in [-0.39, 0.29) is 88.2 Å². The van der Waals surface area contributed by atoms with Gasteiger partial charge in [0.05, 0.1) is 33.5 Å². The zero-order chi connectivity index (χ0) is 48.9. The largest absolute Gasteiger partial charge is 0.489 e. The zero-order valence-electron chi connectivity index (χ0n) is 38.0. The standard InChI is InChI=1S/C52H51Cl2F2N3O10S/c53-42-28-57-29-43(54)41(42)26-46(36-16-17-45(69-52(55)56)47(25-36)65-31-32-14-15-32)68-51(62)44-13-6-20-59(44)70(63,64)39-12-5-10-37(24-39)50(61)66-38-11-4-9-35(23-38)40(33-7-2-1-3-8-33)27-49(60)67-48-30-58-21-18-34(48)19-22-58/h1-5,7-12,16-17,23-25,28-29,32,34,40,44,46,48,52H,6,13-15,18-22,26-27,30-31H2/t40-,44-,46-,48-/m0/s1. The molecule has 10 rings (SSSR count). The number of carbonyl (C=O) groups excluding carboxylic acids is 3. The molecule has 0 spiro atoms. The quantitative estimate of drug-likeness (QED) is 0.0572. The molecule has 4 aromatic carbocycles. The Hall–Kier alpha value is -5.65. The normalized spacial score (nSPS) is 20.9. The lowest BCUT2D eigenvalue weighted by atomic mass is 9.85. The highest BCUT2D eigenvalue weighted by Crippen LogP contribution is 2.40. The predicted molar refractivity (Wildman–Crippen MR) is 255 cm³/mol. The van der Waals surface area contributed by atoms with E-state index in [2.05, 4.69) is 9.88 Å². The number of benzene rings is 4. The van der Waals surface area contributed by atoms with Crippen LogP contribution in [0.15, 0.2) is 114 Å². The minimum Gasteiger partial charge on any atom is -0.489 e. The Morgan fingerprint density at radius 3 is 2.24 bits per heavy atom. The van der Waals surface area contributed by atoms with Crippen LogP contribution in [0.4, 0.5) is 8.78 Å². The fraction of sp³-hybridized carbons (Fsp3) is 0.385. The maximum atomic E-state index is 14.4. The van der Waals surface area contributed by atoms with Crippen LogP contribution in [-0.4, -0.2) is 92.1 Å². The van der Waals surface area contributed by atoms with Gasteiger partial charge >= 0.3 is 24.5 Å². The molecular weight excluding hydrogens is 968 g/mol. The Morgan fingerprint density at radius 2 is 1.53 bits per heavy atom. The van der Waals surface area contributed by atoms with Crippen LogP contribution in [0.25, 0.3) is 0 Å². The fourth-order valence-corrected chi connectivity index (χ4v) is 11.7. The number of aromatic nitrogens is 1. The second kappa shape index (κ2) is 21.8. The second-order valence-corrected chi connectivity index (χ2v) is 20.9. The number of hydrogen-bond acceptors (Lipinski definition) is 12. The third-order valence-electron chi connectivity index (χ3n) is 13.4. The molecule has 0 N–H and O–H groups in total. The van der Waals surface area contributed by atoms with Gasteiger partial charge in [0.15, 0.2) is 11.5 Å². The number of pyridine rings is 1. The van der Waals surface area contributed by atoms with Crippen molar-refractivity contribution in [3.05, 3.63) is 147 Å². The number of hydrogen-bond donors (Lipinski definition) is 0. The Kier molecular flexibility index (Phi) is 15.3. The molecule has 0 amide bonds. The summed E-state index contributed by atoms with van der Waals surface area (Å²) in [4.78, 5) is 47.6. The Labute approximate surface area is 415 Å². The van der Waals surface area contributed by atoms with Crippen molar-refractivity contribution in [1.29, 1.82) is 0 Å². The molecule has 5 aliphatic rings. The smallest absolute Gasteiger partial charge is 0.387 e. The van der Waals surface area contributed by atoms with Gasteiger partial charge in [-0.15, -0.1) is 0 Å². The van der Waals surface area contributed by atoms with E-state index in [0.29, 0.717) is 23.5 Å². The molecule has 1 aliphatic carbocycles. The van der Waals surface area contributed by atoms with Crippen molar-refractivity contribution in [1.82, 2.24) is 14.2 Å². The minimum atomic E-state index is -4.42. The molecule has 5 heterocycles. The van der Waals surface area contributed by atoms with E-state index >= 15 is 0 Å². The first-order chi connectivity index (χ1) is 33.8. The number of alkyl halides is 2. The maximum Gasteiger partial charge on any atom is 0.387 e. The highest BCUT2D eigenvalue weighted by molar-refractivity contribution is 7.89. The molecule has 13 nitrogen and oxygen atoms in total. The number of esters is 3. The molecule has 1 saturated carbocycles. The molecule has 2 bridgehead atoms. The first-order valence-electron chi connectivity index (χ1n) is 23.4.